The van der Waals surface area contributed by atoms with Gasteiger partial charge in [-0.15, -0.1) is 0 Å². The number of hydrogen-bond donors (Lipinski definition) is 2. The van der Waals surface area contributed by atoms with Crippen molar-refractivity contribution in [2.75, 3.05) is 13.1 Å². The molecule has 6 nitrogen and oxygen atoms in total. The smallest absolute Gasteiger partial charge is 0.279 e. The number of carbonyl (C=O) groups is 1. The Labute approximate surface area is 181 Å². The van der Waals surface area contributed by atoms with E-state index in [1.54, 1.807) is 16.4 Å². The van der Waals surface area contributed by atoms with E-state index in [1.165, 1.54) is 38.5 Å². The van der Waals surface area contributed by atoms with Gasteiger partial charge < -0.3 is 5.32 Å². The van der Waals surface area contributed by atoms with Crippen molar-refractivity contribution in [3.63, 3.8) is 0 Å². The molecule has 0 bridgehead atoms. The zero-order valence-electron chi connectivity index (χ0n) is 17.8. The number of hydrogen-bond acceptors (Lipinski definition) is 3. The minimum Gasteiger partial charge on any atom is -0.349 e. The predicted molar refractivity (Wildman–Crippen MR) is 118 cm³/mol. The fourth-order valence-corrected chi connectivity index (χ4v) is 6.65. The van der Waals surface area contributed by atoms with E-state index in [4.69, 9.17) is 0 Å². The van der Waals surface area contributed by atoms with Crippen LogP contribution in [0.2, 0.25) is 0 Å². The van der Waals surface area contributed by atoms with Crippen molar-refractivity contribution in [2.45, 2.75) is 76.8 Å². The fourth-order valence-electron chi connectivity index (χ4n) is 5.39. The maximum Gasteiger partial charge on any atom is 0.279 e. The Balaban J connectivity index is 1.32. The lowest BCUT2D eigenvalue weighted by Crippen LogP contribution is -2.48. The van der Waals surface area contributed by atoms with E-state index in [0.717, 1.165) is 31.2 Å². The number of nitrogens with zero attached hydrogens (tertiary/aromatic N) is 1. The van der Waals surface area contributed by atoms with Crippen molar-refractivity contribution in [2.24, 2.45) is 11.8 Å². The first-order valence-electron chi connectivity index (χ1n) is 11.7. The molecule has 3 aliphatic rings. The normalized spacial score (nSPS) is 26.1. The van der Waals surface area contributed by atoms with Crippen LogP contribution in [0.5, 0.6) is 0 Å². The third kappa shape index (κ3) is 5.42. The molecule has 166 valence electrons. The van der Waals surface area contributed by atoms with Crippen molar-refractivity contribution in [1.29, 1.82) is 0 Å². The SMILES string of the molecule is O=C(NC1CCCCC1)c1cccc(CNS(=O)(=O)N2CCC3CCCCC3C2)c1. The molecule has 2 unspecified atom stereocenters. The number of amides is 1. The van der Waals surface area contributed by atoms with Crippen molar-refractivity contribution in [1.82, 2.24) is 14.3 Å². The van der Waals surface area contributed by atoms with Gasteiger partial charge in [0.15, 0.2) is 0 Å². The lowest BCUT2D eigenvalue weighted by atomic mass is 9.76. The van der Waals surface area contributed by atoms with Gasteiger partial charge >= 0.3 is 0 Å². The summed E-state index contributed by atoms with van der Waals surface area (Å²) in [6, 6.07) is 7.55. The highest BCUT2D eigenvalue weighted by Gasteiger charge is 2.35. The molecule has 2 aliphatic carbocycles. The number of piperidine rings is 1. The van der Waals surface area contributed by atoms with Crippen LogP contribution in [-0.2, 0) is 16.8 Å². The molecule has 0 radical (unpaired) electrons. The van der Waals surface area contributed by atoms with Crippen LogP contribution in [0.15, 0.2) is 24.3 Å². The quantitative estimate of drug-likeness (QED) is 0.720. The number of fused-ring (bicyclic) bond motifs is 1. The standard InChI is InChI=1S/C23H35N3O3S/c27-23(25-22-11-2-1-3-12-22)20-10-6-7-18(15-20)16-24-30(28,29)26-14-13-19-8-4-5-9-21(19)17-26/h6-7,10,15,19,21-22,24H,1-5,8-9,11-14,16-17H2,(H,25,27). The first-order valence-corrected chi connectivity index (χ1v) is 13.1. The monoisotopic (exact) mass is 433 g/mol. The molecule has 0 aromatic heterocycles. The average Bonchev–Trinajstić information content (AvgIpc) is 2.78. The first kappa shape index (κ1) is 21.8. The van der Waals surface area contributed by atoms with Gasteiger partial charge in [-0.25, -0.2) is 0 Å². The van der Waals surface area contributed by atoms with E-state index in [0.29, 0.717) is 30.5 Å². The Morgan fingerprint density at radius 2 is 1.70 bits per heavy atom. The molecular weight excluding hydrogens is 398 g/mol. The molecule has 0 spiro atoms. The van der Waals surface area contributed by atoms with Crippen LogP contribution >= 0.6 is 0 Å². The maximum atomic E-state index is 12.9. The van der Waals surface area contributed by atoms with Gasteiger partial charge in [-0.05, 0) is 55.2 Å². The Bertz CT molecular complexity index is 836. The lowest BCUT2D eigenvalue weighted by Gasteiger charge is -2.40. The van der Waals surface area contributed by atoms with E-state index < -0.39 is 10.2 Å². The molecule has 1 saturated heterocycles. The summed E-state index contributed by atoms with van der Waals surface area (Å²) in [4.78, 5) is 12.6. The third-order valence-electron chi connectivity index (χ3n) is 7.18. The number of rotatable bonds is 6. The second kappa shape index (κ2) is 9.79. The fraction of sp³-hybridized carbons (Fsp3) is 0.696. The van der Waals surface area contributed by atoms with Crippen LogP contribution in [0.4, 0.5) is 0 Å². The molecule has 2 atom stereocenters. The summed E-state index contributed by atoms with van der Waals surface area (Å²) in [5.41, 5.74) is 1.41. The van der Waals surface area contributed by atoms with Gasteiger partial charge in [0.1, 0.15) is 0 Å². The van der Waals surface area contributed by atoms with E-state index in [1.807, 2.05) is 12.1 Å². The van der Waals surface area contributed by atoms with Crippen LogP contribution in [0, 0.1) is 11.8 Å². The van der Waals surface area contributed by atoms with Gasteiger partial charge in [0.25, 0.3) is 16.1 Å². The molecule has 1 heterocycles. The lowest BCUT2D eigenvalue weighted by molar-refractivity contribution is 0.0927. The van der Waals surface area contributed by atoms with Gasteiger partial charge in [0.2, 0.25) is 0 Å². The van der Waals surface area contributed by atoms with Gasteiger partial charge in [-0.2, -0.15) is 17.4 Å². The molecule has 2 N–H and O–H groups in total. The van der Waals surface area contributed by atoms with Crippen molar-refractivity contribution in [3.8, 4) is 0 Å². The molecule has 4 rings (SSSR count). The molecular formula is C23H35N3O3S. The van der Waals surface area contributed by atoms with Crippen molar-refractivity contribution < 1.29 is 13.2 Å². The minimum absolute atomic E-state index is 0.0639. The van der Waals surface area contributed by atoms with Crippen molar-refractivity contribution >= 4 is 16.1 Å². The molecule has 1 aromatic carbocycles. The second-order valence-electron chi connectivity index (χ2n) is 9.29. The second-order valence-corrected chi connectivity index (χ2v) is 11.0. The molecule has 1 aromatic rings. The van der Waals surface area contributed by atoms with E-state index in [-0.39, 0.29) is 18.5 Å². The summed E-state index contributed by atoms with van der Waals surface area (Å²) in [5, 5.41) is 3.13. The van der Waals surface area contributed by atoms with Gasteiger partial charge in [-0.1, -0.05) is 50.7 Å². The highest BCUT2D eigenvalue weighted by atomic mass is 32.2. The van der Waals surface area contributed by atoms with Crippen LogP contribution < -0.4 is 10.0 Å². The molecule has 30 heavy (non-hydrogen) atoms. The summed E-state index contributed by atoms with van der Waals surface area (Å²) in [7, 11) is -3.51. The minimum atomic E-state index is -3.51. The highest BCUT2D eigenvalue weighted by Crippen LogP contribution is 2.36. The maximum absolute atomic E-state index is 12.9. The first-order chi connectivity index (χ1) is 14.5. The summed E-state index contributed by atoms with van der Waals surface area (Å²) >= 11 is 0. The van der Waals surface area contributed by atoms with Crippen LogP contribution in [0.1, 0.15) is 80.1 Å². The Hall–Kier alpha value is -1.44. The van der Waals surface area contributed by atoms with E-state index in [2.05, 4.69) is 10.0 Å². The molecule has 7 heteroatoms. The Kier molecular flexibility index (Phi) is 7.11. The van der Waals surface area contributed by atoms with Crippen molar-refractivity contribution in [3.05, 3.63) is 35.4 Å². The average molecular weight is 434 g/mol. The highest BCUT2D eigenvalue weighted by molar-refractivity contribution is 7.87. The summed E-state index contributed by atoms with van der Waals surface area (Å²) in [5.74, 6) is 1.14. The zero-order valence-corrected chi connectivity index (χ0v) is 18.6. The van der Waals surface area contributed by atoms with E-state index >= 15 is 0 Å². The topological polar surface area (TPSA) is 78.5 Å². The zero-order chi connectivity index (χ0) is 21.0. The molecule has 1 aliphatic heterocycles. The molecule has 3 fully saturated rings. The van der Waals surface area contributed by atoms with Crippen LogP contribution in [0.25, 0.3) is 0 Å². The Morgan fingerprint density at radius 3 is 2.50 bits per heavy atom. The number of nitrogens with one attached hydrogen (secondary N) is 2. The summed E-state index contributed by atoms with van der Waals surface area (Å²) in [6.45, 7) is 1.46. The summed E-state index contributed by atoms with van der Waals surface area (Å²) < 4.78 is 30.1. The van der Waals surface area contributed by atoms with Gasteiger partial charge in [0, 0.05) is 31.2 Å². The third-order valence-corrected chi connectivity index (χ3v) is 8.70. The Morgan fingerprint density at radius 1 is 0.967 bits per heavy atom. The number of benzene rings is 1. The van der Waals surface area contributed by atoms with E-state index in [9.17, 15) is 13.2 Å². The molecule has 1 amide bonds. The largest absolute Gasteiger partial charge is 0.349 e. The van der Waals surface area contributed by atoms with Gasteiger partial charge in [0.05, 0.1) is 0 Å². The number of carbonyl (C=O) groups excluding carboxylic acids is 1. The van der Waals surface area contributed by atoms with Crippen LogP contribution in [-0.4, -0.2) is 37.8 Å². The summed E-state index contributed by atoms with van der Waals surface area (Å²) in [6.07, 6.45) is 11.6. The van der Waals surface area contributed by atoms with Gasteiger partial charge in [-0.3, -0.25) is 4.79 Å². The van der Waals surface area contributed by atoms with Crippen LogP contribution in [0.3, 0.4) is 0 Å². The predicted octanol–water partition coefficient (Wildman–Crippen LogP) is 3.60. The molecule has 2 saturated carbocycles.